The van der Waals surface area contributed by atoms with Crippen molar-refractivity contribution in [3.63, 3.8) is 0 Å². The normalized spacial score (nSPS) is 18.5. The molecule has 1 aliphatic heterocycles. The summed E-state index contributed by atoms with van der Waals surface area (Å²) >= 11 is 0. The summed E-state index contributed by atoms with van der Waals surface area (Å²) in [5, 5.41) is 0. The van der Waals surface area contributed by atoms with Crippen molar-refractivity contribution in [2.75, 3.05) is 40.1 Å². The van der Waals surface area contributed by atoms with Crippen LogP contribution in [0.1, 0.15) is 12.0 Å². The van der Waals surface area contributed by atoms with Crippen LogP contribution in [0.5, 0.6) is 5.75 Å². The number of aryl methyl sites for hydroxylation is 1. The van der Waals surface area contributed by atoms with Crippen LogP contribution in [0.25, 0.3) is 0 Å². The average Bonchev–Trinajstić information content (AvgIpc) is 3.00. The summed E-state index contributed by atoms with van der Waals surface area (Å²) in [7, 11) is -1.89. The average molecular weight is 329 g/mol. The molecule has 6 nitrogen and oxygen atoms in total. The van der Waals surface area contributed by atoms with Crippen molar-refractivity contribution in [3.8, 4) is 5.75 Å². The molecular weight excluding hydrogens is 306 g/mol. The summed E-state index contributed by atoms with van der Waals surface area (Å²) in [6.07, 6.45) is 0.897. The molecule has 1 aromatic rings. The van der Waals surface area contributed by atoms with Crippen LogP contribution >= 0.6 is 0 Å². The Kier molecular flexibility index (Phi) is 6.19. The Bertz CT molecular complexity index is 582. The molecule has 7 heteroatoms. The fourth-order valence-electron chi connectivity index (χ4n) is 2.24. The summed E-state index contributed by atoms with van der Waals surface area (Å²) in [5.41, 5.74) is 0.781. The van der Waals surface area contributed by atoms with Gasteiger partial charge in [0.1, 0.15) is 12.4 Å². The molecule has 0 amide bonds. The Hall–Kier alpha value is -1.15. The zero-order valence-electron chi connectivity index (χ0n) is 13.0. The van der Waals surface area contributed by atoms with E-state index in [1.165, 1.54) is 0 Å². The molecule has 0 aliphatic carbocycles. The van der Waals surface area contributed by atoms with Gasteiger partial charge in [0.25, 0.3) is 0 Å². The zero-order chi connectivity index (χ0) is 16.0. The molecule has 1 N–H and O–H groups in total. The van der Waals surface area contributed by atoms with Gasteiger partial charge >= 0.3 is 0 Å². The highest BCUT2D eigenvalue weighted by Gasteiger charge is 2.20. The van der Waals surface area contributed by atoms with Gasteiger partial charge in [0.2, 0.25) is 10.0 Å². The standard InChI is InChI=1S/C15H23NO5S/c1-12-9-14(3-4-15(12)21-8-7-19-2)22(17,18)16-10-13-5-6-20-11-13/h3-4,9,13,16H,5-8,10-11H2,1-2H3/t13-/m0/s1. The smallest absolute Gasteiger partial charge is 0.240 e. The molecule has 0 aromatic heterocycles. The minimum atomic E-state index is -3.50. The number of ether oxygens (including phenoxy) is 3. The molecule has 0 bridgehead atoms. The Morgan fingerprint density at radius 3 is 2.82 bits per heavy atom. The minimum Gasteiger partial charge on any atom is -0.491 e. The van der Waals surface area contributed by atoms with Gasteiger partial charge in [-0.2, -0.15) is 0 Å². The summed E-state index contributed by atoms with van der Waals surface area (Å²) in [6, 6.07) is 4.86. The van der Waals surface area contributed by atoms with Gasteiger partial charge in [0.15, 0.2) is 0 Å². The van der Waals surface area contributed by atoms with E-state index in [1.807, 2.05) is 6.92 Å². The van der Waals surface area contributed by atoms with Crippen molar-refractivity contribution >= 4 is 10.0 Å². The van der Waals surface area contributed by atoms with E-state index in [-0.39, 0.29) is 10.8 Å². The van der Waals surface area contributed by atoms with E-state index in [2.05, 4.69) is 4.72 Å². The Morgan fingerprint density at radius 2 is 2.18 bits per heavy atom. The molecule has 1 aliphatic rings. The van der Waals surface area contributed by atoms with Crippen molar-refractivity contribution in [1.29, 1.82) is 0 Å². The lowest BCUT2D eigenvalue weighted by Gasteiger charge is -2.13. The van der Waals surface area contributed by atoms with E-state index < -0.39 is 10.0 Å². The molecule has 0 saturated carbocycles. The van der Waals surface area contributed by atoms with Gasteiger partial charge in [-0.05, 0) is 43.0 Å². The van der Waals surface area contributed by atoms with Gasteiger partial charge in [0, 0.05) is 20.3 Å². The summed E-state index contributed by atoms with van der Waals surface area (Å²) in [5.74, 6) is 0.924. The molecule has 124 valence electrons. The number of methoxy groups -OCH3 is 1. The van der Waals surface area contributed by atoms with Crippen molar-refractivity contribution in [3.05, 3.63) is 23.8 Å². The highest BCUT2D eigenvalue weighted by Crippen LogP contribution is 2.22. The first-order chi connectivity index (χ1) is 10.5. The number of hydrogen-bond donors (Lipinski definition) is 1. The largest absolute Gasteiger partial charge is 0.491 e. The summed E-state index contributed by atoms with van der Waals surface area (Å²) in [4.78, 5) is 0.253. The van der Waals surface area contributed by atoms with Crippen molar-refractivity contribution in [2.24, 2.45) is 5.92 Å². The van der Waals surface area contributed by atoms with E-state index in [4.69, 9.17) is 14.2 Å². The summed E-state index contributed by atoms with van der Waals surface area (Å²) in [6.45, 7) is 4.49. The van der Waals surface area contributed by atoms with Gasteiger partial charge in [-0.1, -0.05) is 0 Å². The number of benzene rings is 1. The molecule has 1 saturated heterocycles. The maximum absolute atomic E-state index is 12.3. The first-order valence-electron chi connectivity index (χ1n) is 7.32. The van der Waals surface area contributed by atoms with E-state index in [0.717, 1.165) is 12.0 Å². The van der Waals surface area contributed by atoms with E-state index in [1.54, 1.807) is 25.3 Å². The Balaban J connectivity index is 1.99. The highest BCUT2D eigenvalue weighted by molar-refractivity contribution is 7.89. The van der Waals surface area contributed by atoms with Crippen LogP contribution in [0.4, 0.5) is 0 Å². The van der Waals surface area contributed by atoms with Crippen LogP contribution in [-0.2, 0) is 19.5 Å². The molecule has 0 unspecified atom stereocenters. The van der Waals surface area contributed by atoms with Crippen LogP contribution < -0.4 is 9.46 Å². The maximum atomic E-state index is 12.3. The molecule has 1 heterocycles. The second-order valence-corrected chi connectivity index (χ2v) is 7.12. The van der Waals surface area contributed by atoms with Crippen LogP contribution in [0.2, 0.25) is 0 Å². The first kappa shape index (κ1) is 17.2. The fourth-order valence-corrected chi connectivity index (χ4v) is 3.44. The van der Waals surface area contributed by atoms with Gasteiger partial charge in [-0.15, -0.1) is 0 Å². The van der Waals surface area contributed by atoms with E-state index >= 15 is 0 Å². The lowest BCUT2D eigenvalue weighted by Crippen LogP contribution is -2.29. The van der Waals surface area contributed by atoms with Gasteiger partial charge in [-0.3, -0.25) is 0 Å². The molecule has 1 atom stereocenters. The fraction of sp³-hybridized carbons (Fsp3) is 0.600. The second-order valence-electron chi connectivity index (χ2n) is 5.35. The highest BCUT2D eigenvalue weighted by atomic mass is 32.2. The second kappa shape index (κ2) is 7.92. The Labute approximate surface area is 131 Å². The van der Waals surface area contributed by atoms with Crippen LogP contribution in [0.3, 0.4) is 0 Å². The third-order valence-electron chi connectivity index (χ3n) is 3.59. The lowest BCUT2D eigenvalue weighted by molar-refractivity contribution is 0.146. The monoisotopic (exact) mass is 329 g/mol. The third-order valence-corrected chi connectivity index (χ3v) is 5.01. The van der Waals surface area contributed by atoms with Crippen LogP contribution in [0.15, 0.2) is 23.1 Å². The molecular formula is C15H23NO5S. The topological polar surface area (TPSA) is 73.9 Å². The molecule has 2 rings (SSSR count). The number of nitrogens with one attached hydrogen (secondary N) is 1. The number of hydrogen-bond acceptors (Lipinski definition) is 5. The van der Waals surface area contributed by atoms with Gasteiger partial charge in [-0.25, -0.2) is 13.1 Å². The maximum Gasteiger partial charge on any atom is 0.240 e. The van der Waals surface area contributed by atoms with Gasteiger partial charge < -0.3 is 14.2 Å². The molecule has 1 fully saturated rings. The zero-order valence-corrected chi connectivity index (χ0v) is 13.8. The van der Waals surface area contributed by atoms with Crippen molar-refractivity contribution in [2.45, 2.75) is 18.2 Å². The molecule has 22 heavy (non-hydrogen) atoms. The number of sulfonamides is 1. The minimum absolute atomic E-state index is 0.253. The van der Waals surface area contributed by atoms with E-state index in [0.29, 0.717) is 38.7 Å². The molecule has 0 spiro atoms. The van der Waals surface area contributed by atoms with Crippen LogP contribution in [0, 0.1) is 12.8 Å². The third kappa shape index (κ3) is 4.67. The SMILES string of the molecule is COCCOc1ccc(S(=O)(=O)NC[C@@H]2CCOC2)cc1C. The summed E-state index contributed by atoms with van der Waals surface area (Å²) < 4.78 is 42.9. The van der Waals surface area contributed by atoms with Crippen LogP contribution in [-0.4, -0.2) is 48.5 Å². The number of rotatable bonds is 8. The predicted octanol–water partition coefficient (Wildman–Crippen LogP) is 1.34. The lowest BCUT2D eigenvalue weighted by atomic mass is 10.1. The molecule has 1 aromatic carbocycles. The van der Waals surface area contributed by atoms with Gasteiger partial charge in [0.05, 0.1) is 18.1 Å². The predicted molar refractivity (Wildman–Crippen MR) is 82.7 cm³/mol. The molecule has 0 radical (unpaired) electrons. The van der Waals surface area contributed by atoms with Crippen molar-refractivity contribution in [1.82, 2.24) is 4.72 Å². The Morgan fingerprint density at radius 1 is 1.36 bits per heavy atom. The quantitative estimate of drug-likeness (QED) is 0.729. The van der Waals surface area contributed by atoms with E-state index in [9.17, 15) is 8.42 Å². The first-order valence-corrected chi connectivity index (χ1v) is 8.81. The van der Waals surface area contributed by atoms with Crippen molar-refractivity contribution < 1.29 is 22.6 Å².